The highest BCUT2D eigenvalue weighted by Gasteiger charge is 2.21. The molecule has 0 fully saturated rings. The number of rotatable bonds is 6. The van der Waals surface area contributed by atoms with Crippen LogP contribution >= 0.6 is 0 Å². The molecule has 3 rings (SSSR count). The first-order valence-corrected chi connectivity index (χ1v) is 8.68. The average molecular weight is 377 g/mol. The minimum absolute atomic E-state index is 0.0363. The monoisotopic (exact) mass is 377 g/mol. The quantitative estimate of drug-likeness (QED) is 0.348. The minimum Gasteiger partial charge on any atom is -0.506 e. The maximum absolute atomic E-state index is 11.7. The summed E-state index contributed by atoms with van der Waals surface area (Å²) in [5, 5.41) is 38.8. The van der Waals surface area contributed by atoms with E-state index in [-0.39, 0.29) is 29.4 Å². The van der Waals surface area contributed by atoms with Crippen LogP contribution in [0.5, 0.6) is 5.75 Å². The van der Waals surface area contributed by atoms with E-state index in [1.54, 1.807) is 24.3 Å². The van der Waals surface area contributed by atoms with E-state index in [2.05, 4.69) is 10.2 Å². The predicted molar refractivity (Wildman–Crippen MR) is 106 cm³/mol. The Morgan fingerprint density at radius 2 is 1.71 bits per heavy atom. The molecule has 0 spiro atoms. The van der Waals surface area contributed by atoms with Gasteiger partial charge in [-0.25, -0.2) is 0 Å². The molecule has 28 heavy (non-hydrogen) atoms. The zero-order valence-corrected chi connectivity index (χ0v) is 15.2. The zero-order valence-electron chi connectivity index (χ0n) is 15.2. The molecular formula is C21H19N3O4. The smallest absolute Gasteiger partial charge is 0.304 e. The molecule has 0 atom stereocenters. The lowest BCUT2D eigenvalue weighted by Crippen LogP contribution is -1.93. The fraction of sp³-hybridized carbons (Fsp3) is 0.143. The van der Waals surface area contributed by atoms with Crippen LogP contribution in [-0.2, 0) is 6.42 Å². The third-order valence-corrected chi connectivity index (χ3v) is 4.27. The van der Waals surface area contributed by atoms with Crippen LogP contribution in [0.25, 0.3) is 11.1 Å². The Balaban J connectivity index is 2.04. The molecule has 0 saturated carbocycles. The van der Waals surface area contributed by atoms with Crippen LogP contribution in [0.4, 0.5) is 17.1 Å². The summed E-state index contributed by atoms with van der Waals surface area (Å²) in [4.78, 5) is 11.2. The number of phenolic OH excluding ortho intramolecular Hbond substituents is 1. The highest BCUT2D eigenvalue weighted by Crippen LogP contribution is 2.39. The van der Waals surface area contributed by atoms with Crippen LogP contribution in [0.3, 0.4) is 0 Å². The van der Waals surface area contributed by atoms with Crippen molar-refractivity contribution in [2.75, 3.05) is 6.61 Å². The second-order valence-electron chi connectivity index (χ2n) is 6.29. The van der Waals surface area contributed by atoms with Gasteiger partial charge in [0.1, 0.15) is 11.4 Å². The van der Waals surface area contributed by atoms with E-state index in [4.69, 9.17) is 5.11 Å². The largest absolute Gasteiger partial charge is 0.506 e. The van der Waals surface area contributed by atoms with E-state index in [1.807, 2.05) is 31.2 Å². The number of phenols is 1. The highest BCUT2D eigenvalue weighted by molar-refractivity contribution is 5.80. The maximum atomic E-state index is 11.7. The Morgan fingerprint density at radius 3 is 2.39 bits per heavy atom. The summed E-state index contributed by atoms with van der Waals surface area (Å²) in [5.74, 6) is -0.0946. The van der Waals surface area contributed by atoms with Crippen molar-refractivity contribution in [2.24, 2.45) is 10.2 Å². The van der Waals surface area contributed by atoms with Gasteiger partial charge in [0.05, 0.1) is 10.5 Å². The number of aryl methyl sites for hydroxylation is 1. The predicted octanol–water partition coefficient (Wildman–Crippen LogP) is 5.23. The molecular weight excluding hydrogens is 358 g/mol. The number of nitro groups is 1. The van der Waals surface area contributed by atoms with Crippen LogP contribution in [-0.4, -0.2) is 21.7 Å². The number of aliphatic hydroxyl groups is 1. The first kappa shape index (κ1) is 19.2. The van der Waals surface area contributed by atoms with Gasteiger partial charge in [-0.15, -0.1) is 10.2 Å². The Bertz CT molecular complexity index is 1030. The number of nitro benzene ring substituents is 1. The fourth-order valence-corrected chi connectivity index (χ4v) is 2.81. The van der Waals surface area contributed by atoms with Crippen molar-refractivity contribution in [3.63, 3.8) is 0 Å². The number of aliphatic hydroxyl groups excluding tert-OH is 1. The Kier molecular flexibility index (Phi) is 5.76. The molecule has 2 N–H and O–H groups in total. The van der Waals surface area contributed by atoms with Gasteiger partial charge in [0, 0.05) is 6.61 Å². The van der Waals surface area contributed by atoms with E-state index in [0.717, 1.165) is 11.1 Å². The summed E-state index contributed by atoms with van der Waals surface area (Å²) in [5.41, 5.74) is 3.11. The van der Waals surface area contributed by atoms with Crippen molar-refractivity contribution in [2.45, 2.75) is 13.3 Å². The summed E-state index contributed by atoms with van der Waals surface area (Å²) in [6, 6.07) is 17.0. The second-order valence-corrected chi connectivity index (χ2v) is 6.29. The van der Waals surface area contributed by atoms with Gasteiger partial charge in [-0.1, -0.05) is 42.0 Å². The van der Waals surface area contributed by atoms with Crippen molar-refractivity contribution >= 4 is 17.1 Å². The minimum atomic E-state index is -0.481. The summed E-state index contributed by atoms with van der Waals surface area (Å²) in [6.07, 6.45) is 0.409. The Hall–Kier alpha value is -3.58. The number of nitrogens with zero attached hydrogens (tertiary/aromatic N) is 3. The standard InChI is InChI=1S/C21H19N3O4/c1-14-5-8-16(9-6-14)17-3-2-4-18(21(17)24(27)28)22-23-19-13-15(11-12-25)7-10-20(19)26/h2-10,13,25-26H,11-12H2,1H3. The molecule has 0 bridgehead atoms. The SMILES string of the molecule is Cc1ccc(-c2cccc(N=Nc3cc(CCO)ccc3O)c2[N+](=O)[O-])cc1. The first-order valence-electron chi connectivity index (χ1n) is 8.68. The summed E-state index contributed by atoms with van der Waals surface area (Å²) < 4.78 is 0. The average Bonchev–Trinajstić information content (AvgIpc) is 2.68. The molecule has 0 aliphatic heterocycles. The fourth-order valence-electron chi connectivity index (χ4n) is 2.81. The van der Waals surface area contributed by atoms with Crippen molar-refractivity contribution in [1.82, 2.24) is 0 Å². The molecule has 7 heteroatoms. The number of para-hydroxylation sites is 1. The third-order valence-electron chi connectivity index (χ3n) is 4.27. The van der Waals surface area contributed by atoms with Crippen LogP contribution in [0.1, 0.15) is 11.1 Å². The van der Waals surface area contributed by atoms with Crippen LogP contribution in [0.2, 0.25) is 0 Å². The number of aromatic hydroxyl groups is 1. The van der Waals surface area contributed by atoms with Gasteiger partial charge in [0.25, 0.3) is 0 Å². The number of hydrogen-bond donors (Lipinski definition) is 2. The van der Waals surface area contributed by atoms with Gasteiger partial charge in [-0.2, -0.15) is 0 Å². The highest BCUT2D eigenvalue weighted by atomic mass is 16.6. The van der Waals surface area contributed by atoms with Crippen LogP contribution < -0.4 is 0 Å². The van der Waals surface area contributed by atoms with Crippen molar-refractivity contribution in [1.29, 1.82) is 0 Å². The molecule has 7 nitrogen and oxygen atoms in total. The van der Waals surface area contributed by atoms with Gasteiger partial charge in [0.2, 0.25) is 0 Å². The third kappa shape index (κ3) is 4.21. The lowest BCUT2D eigenvalue weighted by molar-refractivity contribution is -0.383. The van der Waals surface area contributed by atoms with Gasteiger partial charge in [0.15, 0.2) is 5.69 Å². The van der Waals surface area contributed by atoms with Crippen LogP contribution in [0.15, 0.2) is 70.9 Å². The summed E-state index contributed by atoms with van der Waals surface area (Å²) in [6.45, 7) is 1.91. The molecule has 0 amide bonds. The van der Waals surface area contributed by atoms with Gasteiger partial charge < -0.3 is 10.2 Å². The number of hydrogen-bond acceptors (Lipinski definition) is 6. The zero-order chi connectivity index (χ0) is 20.1. The molecule has 0 saturated heterocycles. The van der Waals surface area contributed by atoms with E-state index in [1.165, 1.54) is 12.1 Å². The van der Waals surface area contributed by atoms with E-state index < -0.39 is 4.92 Å². The Labute approximate surface area is 161 Å². The molecule has 0 aromatic heterocycles. The lowest BCUT2D eigenvalue weighted by atomic mass is 10.0. The summed E-state index contributed by atoms with van der Waals surface area (Å²) in [7, 11) is 0. The molecule has 0 heterocycles. The van der Waals surface area contributed by atoms with E-state index in [0.29, 0.717) is 17.5 Å². The van der Waals surface area contributed by atoms with Crippen molar-refractivity contribution < 1.29 is 15.1 Å². The van der Waals surface area contributed by atoms with Crippen molar-refractivity contribution in [3.05, 3.63) is 81.9 Å². The normalized spacial score (nSPS) is 11.1. The maximum Gasteiger partial charge on any atom is 0.304 e. The number of benzene rings is 3. The molecule has 3 aromatic rings. The first-order chi connectivity index (χ1) is 13.5. The molecule has 0 unspecified atom stereocenters. The van der Waals surface area contributed by atoms with E-state index in [9.17, 15) is 15.2 Å². The van der Waals surface area contributed by atoms with Gasteiger partial charge >= 0.3 is 5.69 Å². The molecule has 0 radical (unpaired) electrons. The second kappa shape index (κ2) is 8.41. The molecule has 0 aliphatic rings. The molecule has 3 aromatic carbocycles. The lowest BCUT2D eigenvalue weighted by Gasteiger charge is -2.06. The summed E-state index contributed by atoms with van der Waals surface area (Å²) >= 11 is 0. The molecule has 0 aliphatic carbocycles. The van der Waals surface area contributed by atoms with Gasteiger partial charge in [-0.05, 0) is 48.7 Å². The van der Waals surface area contributed by atoms with Crippen molar-refractivity contribution in [3.8, 4) is 16.9 Å². The topological polar surface area (TPSA) is 108 Å². The number of azo groups is 1. The van der Waals surface area contributed by atoms with Crippen LogP contribution in [0, 0.1) is 17.0 Å². The molecule has 142 valence electrons. The van der Waals surface area contributed by atoms with Gasteiger partial charge in [-0.3, -0.25) is 10.1 Å². The Morgan fingerprint density at radius 1 is 1.00 bits per heavy atom. The van der Waals surface area contributed by atoms with E-state index >= 15 is 0 Å².